The molecule has 0 aliphatic carbocycles. The van der Waals surface area contributed by atoms with Crippen LogP contribution in [0.25, 0.3) is 0 Å². The lowest BCUT2D eigenvalue weighted by Gasteiger charge is -2.22. The number of rotatable bonds is 9. The fraction of sp³-hybridized carbons (Fsp3) is 0.556. The Bertz CT molecular complexity index is 548. The number of halogens is 1. The minimum absolute atomic E-state index is 0.239. The maximum atomic E-state index is 12.6. The molecule has 0 radical (unpaired) electrons. The number of thiocarbonyl (C=S) groups is 1. The van der Waals surface area contributed by atoms with Crippen LogP contribution in [-0.2, 0) is 0 Å². The second-order valence-electron chi connectivity index (χ2n) is 5.48. The Morgan fingerprint density at radius 2 is 1.92 bits per heavy atom. The molecule has 1 N–H and O–H groups in total. The van der Waals surface area contributed by atoms with Gasteiger partial charge < -0.3 is 9.64 Å². The third kappa shape index (κ3) is 6.77. The topological polar surface area (TPSA) is 41.6 Å². The highest BCUT2D eigenvalue weighted by atomic mass is 79.9. The number of carbonyl (C=O) groups excluding carboxylic acids is 1. The van der Waals surface area contributed by atoms with Crippen LogP contribution in [0.2, 0.25) is 0 Å². The molecule has 1 rings (SSSR count). The fourth-order valence-electron chi connectivity index (χ4n) is 2.27. The molecule has 0 bridgehead atoms. The first kappa shape index (κ1) is 20.9. The summed E-state index contributed by atoms with van der Waals surface area (Å²) in [4.78, 5) is 14.5. The molecule has 0 heterocycles. The molecule has 1 aromatic rings. The van der Waals surface area contributed by atoms with Gasteiger partial charge in [-0.1, -0.05) is 42.1 Å². The summed E-state index contributed by atoms with van der Waals surface area (Å²) in [5.74, 6) is 0.353. The molecule has 4 nitrogen and oxygen atoms in total. The van der Waals surface area contributed by atoms with Gasteiger partial charge in [0.25, 0.3) is 5.91 Å². The third-order valence-corrected chi connectivity index (χ3v) is 4.57. The van der Waals surface area contributed by atoms with Crippen molar-refractivity contribution in [3.63, 3.8) is 0 Å². The van der Waals surface area contributed by atoms with Gasteiger partial charge in [-0.3, -0.25) is 10.1 Å². The number of nitrogens with one attached hydrogen (secondary N) is 1. The molecule has 1 aromatic carbocycles. The molecule has 0 aromatic heterocycles. The molecule has 134 valence electrons. The normalized spacial score (nSPS) is 10.3. The van der Waals surface area contributed by atoms with E-state index in [0.29, 0.717) is 23.0 Å². The Morgan fingerprint density at radius 1 is 1.21 bits per heavy atom. The number of unbranched alkanes of at least 4 members (excludes halogenated alkanes) is 3. The number of ether oxygens (including phenoxy) is 1. The Labute approximate surface area is 159 Å². The second-order valence-corrected chi connectivity index (χ2v) is 6.78. The first-order valence-corrected chi connectivity index (χ1v) is 9.76. The molecule has 0 fully saturated rings. The Hall–Kier alpha value is -1.14. The van der Waals surface area contributed by atoms with Crippen LogP contribution in [0.3, 0.4) is 0 Å². The number of carbonyl (C=O) groups is 1. The summed E-state index contributed by atoms with van der Waals surface area (Å²) in [6.45, 7) is 8.32. The molecule has 6 heteroatoms. The number of nitrogens with zero attached hydrogens (tertiary/aromatic N) is 1. The smallest absolute Gasteiger partial charge is 0.261 e. The minimum atomic E-state index is -0.239. The van der Waals surface area contributed by atoms with Gasteiger partial charge in [0.2, 0.25) is 0 Å². The maximum Gasteiger partial charge on any atom is 0.261 e. The van der Waals surface area contributed by atoms with Gasteiger partial charge in [0.05, 0.1) is 12.2 Å². The van der Waals surface area contributed by atoms with Crippen LogP contribution in [0, 0.1) is 0 Å². The standard InChI is InChI=1S/C18H27BrN2O2S/c1-4-7-8-9-12-23-16-11-10-14(19)13-15(16)17(22)20-18(24)21(5-2)6-3/h10-11,13H,4-9,12H2,1-3H3,(H,20,22,24). The summed E-state index contributed by atoms with van der Waals surface area (Å²) < 4.78 is 6.65. The highest BCUT2D eigenvalue weighted by molar-refractivity contribution is 9.10. The average molecular weight is 415 g/mol. The highest BCUT2D eigenvalue weighted by Crippen LogP contribution is 2.23. The van der Waals surface area contributed by atoms with Crippen LogP contribution in [-0.4, -0.2) is 35.6 Å². The molecular weight excluding hydrogens is 388 g/mol. The predicted molar refractivity (Wildman–Crippen MR) is 107 cm³/mol. The Kier molecular flexibility index (Phi) is 9.95. The summed E-state index contributed by atoms with van der Waals surface area (Å²) in [5, 5.41) is 3.24. The van der Waals surface area contributed by atoms with Gasteiger partial charge in [-0.05, 0) is 50.7 Å². The van der Waals surface area contributed by atoms with Crippen LogP contribution >= 0.6 is 28.1 Å². The average Bonchev–Trinajstić information content (AvgIpc) is 2.56. The Morgan fingerprint density at radius 3 is 2.54 bits per heavy atom. The molecule has 24 heavy (non-hydrogen) atoms. The van der Waals surface area contributed by atoms with Crippen molar-refractivity contribution in [1.82, 2.24) is 10.2 Å². The summed E-state index contributed by atoms with van der Waals surface area (Å²) >= 11 is 8.71. The number of benzene rings is 1. The van der Waals surface area contributed by atoms with Crippen molar-refractivity contribution < 1.29 is 9.53 Å². The van der Waals surface area contributed by atoms with Crippen molar-refractivity contribution in [1.29, 1.82) is 0 Å². The fourth-order valence-corrected chi connectivity index (χ4v) is 2.98. The largest absolute Gasteiger partial charge is 0.493 e. The minimum Gasteiger partial charge on any atom is -0.493 e. The van der Waals surface area contributed by atoms with Crippen molar-refractivity contribution in [3.8, 4) is 5.75 Å². The number of hydrogen-bond donors (Lipinski definition) is 1. The van der Waals surface area contributed by atoms with Crippen LogP contribution in [0.5, 0.6) is 5.75 Å². The van der Waals surface area contributed by atoms with E-state index in [1.54, 1.807) is 6.07 Å². The quantitative estimate of drug-likeness (QED) is 0.466. The van der Waals surface area contributed by atoms with Gasteiger partial charge in [0.15, 0.2) is 5.11 Å². The maximum absolute atomic E-state index is 12.6. The predicted octanol–water partition coefficient (Wildman–Crippen LogP) is 4.76. The van der Waals surface area contributed by atoms with Crippen molar-refractivity contribution >= 4 is 39.2 Å². The summed E-state index contributed by atoms with van der Waals surface area (Å²) in [7, 11) is 0. The number of hydrogen-bond acceptors (Lipinski definition) is 3. The van der Waals surface area contributed by atoms with Gasteiger partial charge in [-0.25, -0.2) is 0 Å². The van der Waals surface area contributed by atoms with E-state index in [-0.39, 0.29) is 5.91 Å². The molecule has 0 aliphatic heterocycles. The van der Waals surface area contributed by atoms with Crippen LogP contribution in [0.1, 0.15) is 56.8 Å². The zero-order valence-electron chi connectivity index (χ0n) is 14.7. The van der Waals surface area contributed by atoms with E-state index in [4.69, 9.17) is 17.0 Å². The van der Waals surface area contributed by atoms with Crippen LogP contribution in [0.4, 0.5) is 0 Å². The molecule has 0 atom stereocenters. The molecule has 0 saturated heterocycles. The van der Waals surface area contributed by atoms with Gasteiger partial charge in [-0.15, -0.1) is 0 Å². The van der Waals surface area contributed by atoms with Gasteiger partial charge in [0.1, 0.15) is 5.75 Å². The molecule has 0 saturated carbocycles. The van der Waals surface area contributed by atoms with Crippen LogP contribution < -0.4 is 10.1 Å². The lowest BCUT2D eigenvalue weighted by molar-refractivity contribution is 0.0969. The van der Waals surface area contributed by atoms with E-state index in [2.05, 4.69) is 28.2 Å². The highest BCUT2D eigenvalue weighted by Gasteiger charge is 2.16. The zero-order valence-corrected chi connectivity index (χ0v) is 17.1. The lowest BCUT2D eigenvalue weighted by atomic mass is 10.2. The van der Waals surface area contributed by atoms with E-state index >= 15 is 0 Å². The zero-order chi connectivity index (χ0) is 17.9. The molecule has 0 aliphatic rings. The number of amides is 1. The van der Waals surface area contributed by atoms with Crippen molar-refractivity contribution in [2.24, 2.45) is 0 Å². The SMILES string of the molecule is CCCCCCOc1ccc(Br)cc1C(=O)NC(=S)N(CC)CC. The third-order valence-electron chi connectivity index (χ3n) is 3.71. The van der Waals surface area contributed by atoms with Gasteiger partial charge in [0, 0.05) is 17.6 Å². The van der Waals surface area contributed by atoms with Gasteiger partial charge in [-0.2, -0.15) is 0 Å². The van der Waals surface area contributed by atoms with E-state index in [9.17, 15) is 4.79 Å². The van der Waals surface area contributed by atoms with Crippen LogP contribution in [0.15, 0.2) is 22.7 Å². The molecular formula is C18H27BrN2O2S. The van der Waals surface area contributed by atoms with E-state index in [0.717, 1.165) is 30.4 Å². The molecule has 0 spiro atoms. The molecule has 1 amide bonds. The Balaban J connectivity index is 2.75. The lowest BCUT2D eigenvalue weighted by Crippen LogP contribution is -2.42. The summed E-state index contributed by atoms with van der Waals surface area (Å²) in [6.07, 6.45) is 4.52. The van der Waals surface area contributed by atoms with E-state index in [1.165, 1.54) is 12.8 Å². The molecule has 0 unspecified atom stereocenters. The van der Waals surface area contributed by atoms with E-state index in [1.807, 2.05) is 30.9 Å². The monoisotopic (exact) mass is 414 g/mol. The first-order valence-electron chi connectivity index (χ1n) is 8.56. The van der Waals surface area contributed by atoms with E-state index < -0.39 is 0 Å². The second kappa shape index (κ2) is 11.4. The first-order chi connectivity index (χ1) is 11.5. The summed E-state index contributed by atoms with van der Waals surface area (Å²) in [6, 6.07) is 5.46. The van der Waals surface area contributed by atoms with Crippen molar-refractivity contribution in [2.45, 2.75) is 46.5 Å². The van der Waals surface area contributed by atoms with Crippen molar-refractivity contribution in [2.75, 3.05) is 19.7 Å². The summed E-state index contributed by atoms with van der Waals surface area (Å²) in [5.41, 5.74) is 0.495. The van der Waals surface area contributed by atoms with Gasteiger partial charge >= 0.3 is 0 Å². The van der Waals surface area contributed by atoms with Crippen molar-refractivity contribution in [3.05, 3.63) is 28.2 Å².